The van der Waals surface area contributed by atoms with Crippen molar-refractivity contribution in [3.05, 3.63) is 29.6 Å². The fourth-order valence-corrected chi connectivity index (χ4v) is 2.32. The minimum absolute atomic E-state index is 0.0343. The maximum Gasteiger partial charge on any atom is 0.165 e. The van der Waals surface area contributed by atoms with E-state index in [1.807, 2.05) is 13.0 Å². The number of ether oxygens (including phenoxy) is 2. The van der Waals surface area contributed by atoms with E-state index in [0.29, 0.717) is 19.8 Å². The van der Waals surface area contributed by atoms with E-state index in [1.165, 1.54) is 6.07 Å². The van der Waals surface area contributed by atoms with E-state index < -0.39 is 0 Å². The Morgan fingerprint density at radius 2 is 2.16 bits per heavy atom. The summed E-state index contributed by atoms with van der Waals surface area (Å²) in [7, 11) is 0. The highest BCUT2D eigenvalue weighted by atomic mass is 19.1. The smallest absolute Gasteiger partial charge is 0.165 e. The number of halogens is 1. The quantitative estimate of drug-likeness (QED) is 0.881. The first-order chi connectivity index (χ1) is 9.26. The summed E-state index contributed by atoms with van der Waals surface area (Å²) in [5.41, 5.74) is 0.769. The van der Waals surface area contributed by atoms with Crippen LogP contribution in [0.4, 0.5) is 4.39 Å². The van der Waals surface area contributed by atoms with Gasteiger partial charge in [0, 0.05) is 13.1 Å². The normalized spacial score (nSPS) is 18.3. The van der Waals surface area contributed by atoms with Crippen molar-refractivity contribution >= 4 is 0 Å². The van der Waals surface area contributed by atoms with Gasteiger partial charge >= 0.3 is 0 Å². The number of rotatable bonds is 5. The van der Waals surface area contributed by atoms with Gasteiger partial charge in [-0.1, -0.05) is 6.07 Å². The second kappa shape index (κ2) is 6.84. The van der Waals surface area contributed by atoms with Crippen LogP contribution in [-0.2, 0) is 4.74 Å². The lowest BCUT2D eigenvalue weighted by Crippen LogP contribution is -2.40. The highest BCUT2D eigenvalue weighted by molar-refractivity contribution is 5.31. The van der Waals surface area contributed by atoms with Crippen molar-refractivity contribution in [3.8, 4) is 5.75 Å². The number of hydrogen-bond acceptors (Lipinski definition) is 4. The number of nitrogens with zero attached hydrogens (tertiary/aromatic N) is 1. The molecule has 0 amide bonds. The molecule has 1 N–H and O–H groups in total. The first kappa shape index (κ1) is 14.2. The molecule has 1 aromatic carbocycles. The van der Waals surface area contributed by atoms with E-state index in [1.54, 1.807) is 6.07 Å². The summed E-state index contributed by atoms with van der Waals surface area (Å²) in [5, 5.41) is 9.56. The second-order valence-electron chi connectivity index (χ2n) is 4.47. The largest absolute Gasteiger partial charge is 0.491 e. The third-order valence-electron chi connectivity index (χ3n) is 3.30. The molecule has 1 saturated heterocycles. The molecule has 1 aliphatic heterocycles. The van der Waals surface area contributed by atoms with Crippen molar-refractivity contribution in [2.45, 2.75) is 13.0 Å². The summed E-state index contributed by atoms with van der Waals surface area (Å²) in [4.78, 5) is 2.11. The van der Waals surface area contributed by atoms with Crippen LogP contribution in [0.25, 0.3) is 0 Å². The molecule has 0 radical (unpaired) electrons. The SMILES string of the molecule is CCOc1ccc(C(CO)N2CCOCC2)cc1F. The van der Waals surface area contributed by atoms with Crippen LogP contribution in [0.3, 0.4) is 0 Å². The molecule has 0 aromatic heterocycles. The Bertz CT molecular complexity index is 408. The van der Waals surface area contributed by atoms with Crippen LogP contribution >= 0.6 is 0 Å². The van der Waals surface area contributed by atoms with Crippen molar-refractivity contribution < 1.29 is 19.0 Å². The Labute approximate surface area is 112 Å². The van der Waals surface area contributed by atoms with Gasteiger partial charge in [0.25, 0.3) is 0 Å². The van der Waals surface area contributed by atoms with Crippen molar-refractivity contribution in [3.63, 3.8) is 0 Å². The van der Waals surface area contributed by atoms with Crippen LogP contribution in [0.1, 0.15) is 18.5 Å². The number of hydrogen-bond donors (Lipinski definition) is 1. The topological polar surface area (TPSA) is 41.9 Å². The van der Waals surface area contributed by atoms with Crippen LogP contribution in [0, 0.1) is 5.82 Å². The summed E-state index contributed by atoms with van der Waals surface area (Å²) in [6.45, 7) is 5.01. The standard InChI is InChI=1S/C14H20FNO3/c1-2-19-14-4-3-11(9-12(14)15)13(10-17)16-5-7-18-8-6-16/h3-4,9,13,17H,2,5-8,10H2,1H3. The molecule has 1 aromatic rings. The number of morpholine rings is 1. The second-order valence-corrected chi connectivity index (χ2v) is 4.47. The van der Waals surface area contributed by atoms with E-state index in [-0.39, 0.29) is 24.2 Å². The average molecular weight is 269 g/mol. The molecule has 1 aliphatic rings. The predicted molar refractivity (Wildman–Crippen MR) is 69.8 cm³/mol. The Kier molecular flexibility index (Phi) is 5.13. The van der Waals surface area contributed by atoms with Crippen LogP contribution < -0.4 is 4.74 Å². The van der Waals surface area contributed by atoms with Gasteiger partial charge in [0.05, 0.1) is 32.5 Å². The minimum atomic E-state index is -0.383. The van der Waals surface area contributed by atoms with Gasteiger partial charge in [-0.05, 0) is 24.6 Å². The predicted octanol–water partition coefficient (Wildman–Crippen LogP) is 1.59. The molecule has 1 fully saturated rings. The van der Waals surface area contributed by atoms with Gasteiger partial charge in [0.2, 0.25) is 0 Å². The summed E-state index contributed by atoms with van der Waals surface area (Å²) in [6.07, 6.45) is 0. The van der Waals surface area contributed by atoms with Gasteiger partial charge in [-0.3, -0.25) is 4.90 Å². The van der Waals surface area contributed by atoms with Crippen molar-refractivity contribution in [2.24, 2.45) is 0 Å². The van der Waals surface area contributed by atoms with E-state index in [2.05, 4.69) is 4.90 Å². The van der Waals surface area contributed by atoms with E-state index in [9.17, 15) is 9.50 Å². The van der Waals surface area contributed by atoms with Crippen molar-refractivity contribution in [2.75, 3.05) is 39.5 Å². The zero-order valence-electron chi connectivity index (χ0n) is 11.1. The molecule has 0 bridgehead atoms. The van der Waals surface area contributed by atoms with Crippen molar-refractivity contribution in [1.29, 1.82) is 0 Å². The fraction of sp³-hybridized carbons (Fsp3) is 0.571. The maximum atomic E-state index is 13.9. The molecule has 1 atom stereocenters. The molecule has 0 aliphatic carbocycles. The molecule has 1 heterocycles. The van der Waals surface area contributed by atoms with Gasteiger partial charge in [-0.15, -0.1) is 0 Å². The summed E-state index contributed by atoms with van der Waals surface area (Å²) in [5.74, 6) is -0.129. The summed E-state index contributed by atoms with van der Waals surface area (Å²) < 4.78 is 24.3. The molecule has 19 heavy (non-hydrogen) atoms. The van der Waals surface area contributed by atoms with Crippen molar-refractivity contribution in [1.82, 2.24) is 4.90 Å². The number of aliphatic hydroxyl groups excluding tert-OH is 1. The van der Waals surface area contributed by atoms with Gasteiger partial charge in [0.15, 0.2) is 11.6 Å². The van der Waals surface area contributed by atoms with E-state index >= 15 is 0 Å². The zero-order valence-corrected chi connectivity index (χ0v) is 11.1. The first-order valence-electron chi connectivity index (χ1n) is 6.61. The highest BCUT2D eigenvalue weighted by Crippen LogP contribution is 2.26. The van der Waals surface area contributed by atoms with Crippen LogP contribution in [-0.4, -0.2) is 49.5 Å². The third kappa shape index (κ3) is 3.43. The molecular weight excluding hydrogens is 249 g/mol. The Morgan fingerprint density at radius 1 is 1.42 bits per heavy atom. The molecule has 4 nitrogen and oxygen atoms in total. The average Bonchev–Trinajstić information content (AvgIpc) is 2.44. The highest BCUT2D eigenvalue weighted by Gasteiger charge is 2.22. The monoisotopic (exact) mass is 269 g/mol. The third-order valence-corrected chi connectivity index (χ3v) is 3.30. The van der Waals surface area contributed by atoms with E-state index in [0.717, 1.165) is 18.7 Å². The van der Waals surface area contributed by atoms with Crippen LogP contribution in [0.5, 0.6) is 5.75 Å². The Morgan fingerprint density at radius 3 is 2.74 bits per heavy atom. The molecule has 0 saturated carbocycles. The molecule has 106 valence electrons. The molecule has 5 heteroatoms. The zero-order chi connectivity index (χ0) is 13.7. The lowest BCUT2D eigenvalue weighted by molar-refractivity contribution is 0.00251. The molecule has 0 spiro atoms. The van der Waals surface area contributed by atoms with Gasteiger partial charge in [-0.25, -0.2) is 4.39 Å². The molecule has 1 unspecified atom stereocenters. The van der Waals surface area contributed by atoms with Gasteiger partial charge < -0.3 is 14.6 Å². The molecule has 2 rings (SSSR count). The van der Waals surface area contributed by atoms with Gasteiger partial charge in [0.1, 0.15) is 0 Å². The lowest BCUT2D eigenvalue weighted by atomic mass is 10.0. The summed E-state index contributed by atoms with van der Waals surface area (Å²) in [6, 6.07) is 4.69. The van der Waals surface area contributed by atoms with E-state index in [4.69, 9.17) is 9.47 Å². The fourth-order valence-electron chi connectivity index (χ4n) is 2.32. The van der Waals surface area contributed by atoms with Crippen LogP contribution in [0.15, 0.2) is 18.2 Å². The molecular formula is C14H20FNO3. The number of aliphatic hydroxyl groups is 1. The lowest BCUT2D eigenvalue weighted by Gasteiger charge is -2.33. The summed E-state index contributed by atoms with van der Waals surface area (Å²) >= 11 is 0. The maximum absolute atomic E-state index is 13.9. The first-order valence-corrected chi connectivity index (χ1v) is 6.61. The minimum Gasteiger partial charge on any atom is -0.491 e. The Hall–Kier alpha value is -1.17. The number of benzene rings is 1. The van der Waals surface area contributed by atoms with Crippen LogP contribution in [0.2, 0.25) is 0 Å². The Balaban J connectivity index is 2.15. The van der Waals surface area contributed by atoms with Gasteiger partial charge in [-0.2, -0.15) is 0 Å².